The van der Waals surface area contributed by atoms with Crippen LogP contribution < -0.4 is 9.47 Å². The molecule has 0 radical (unpaired) electrons. The monoisotopic (exact) mass is 382 g/mol. The third-order valence-electron chi connectivity index (χ3n) is 4.70. The molecule has 0 bridgehead atoms. The third-order valence-corrected chi connectivity index (χ3v) is 4.70. The highest BCUT2D eigenvalue weighted by Crippen LogP contribution is 2.32. The van der Waals surface area contributed by atoms with E-state index in [1.54, 1.807) is 14.2 Å². The van der Waals surface area contributed by atoms with E-state index in [9.17, 15) is 0 Å². The highest BCUT2D eigenvalue weighted by Gasteiger charge is 2.13. The Hall–Kier alpha value is -3.79. The number of nitrogens with zero attached hydrogens (tertiary/aromatic N) is 1. The van der Waals surface area contributed by atoms with Crippen molar-refractivity contribution in [3.05, 3.63) is 90.3 Å². The Morgan fingerprint density at radius 3 is 1.86 bits per heavy atom. The number of H-pyrrole nitrogens is 1. The fourth-order valence-corrected chi connectivity index (χ4v) is 3.13. The molecule has 4 heteroatoms. The first kappa shape index (κ1) is 18.6. The molecule has 0 aliphatic heterocycles. The number of rotatable bonds is 6. The Bertz CT molecular complexity index is 1030. The standard InChI is InChI=1S/C25H22N2O2/c1-28-21-13-9-19(10-14-21)24-25(20-11-15-22(29-2)16-12-20)27-23(26-24)17-8-18-6-4-3-5-7-18/h3-17H,1-2H3,(H,26,27)/b17-8+. The van der Waals surface area contributed by atoms with Gasteiger partial charge in [0.05, 0.1) is 25.6 Å². The Morgan fingerprint density at radius 2 is 1.28 bits per heavy atom. The molecule has 1 N–H and O–H groups in total. The van der Waals surface area contributed by atoms with E-state index in [2.05, 4.69) is 23.2 Å². The van der Waals surface area contributed by atoms with Crippen molar-refractivity contribution in [1.29, 1.82) is 0 Å². The highest BCUT2D eigenvalue weighted by atomic mass is 16.5. The van der Waals surface area contributed by atoms with Crippen LogP contribution in [0.4, 0.5) is 0 Å². The second-order valence-electron chi connectivity index (χ2n) is 6.55. The van der Waals surface area contributed by atoms with Crippen molar-refractivity contribution < 1.29 is 9.47 Å². The van der Waals surface area contributed by atoms with Gasteiger partial charge < -0.3 is 14.5 Å². The van der Waals surface area contributed by atoms with E-state index in [1.807, 2.05) is 72.8 Å². The summed E-state index contributed by atoms with van der Waals surface area (Å²) in [6, 6.07) is 26.1. The van der Waals surface area contributed by atoms with E-state index in [-0.39, 0.29) is 0 Å². The van der Waals surface area contributed by atoms with Crippen molar-refractivity contribution in [2.75, 3.05) is 14.2 Å². The predicted molar refractivity (Wildman–Crippen MR) is 118 cm³/mol. The Labute approximate surface area is 170 Å². The molecule has 0 aliphatic rings. The van der Waals surface area contributed by atoms with E-state index >= 15 is 0 Å². The number of ether oxygens (including phenoxy) is 2. The first-order valence-corrected chi connectivity index (χ1v) is 9.39. The summed E-state index contributed by atoms with van der Waals surface area (Å²) in [5.41, 5.74) is 5.05. The van der Waals surface area contributed by atoms with Gasteiger partial charge in [-0.1, -0.05) is 36.4 Å². The van der Waals surface area contributed by atoms with Gasteiger partial charge in [0.15, 0.2) is 0 Å². The molecule has 1 heterocycles. The molecule has 3 aromatic carbocycles. The third kappa shape index (κ3) is 4.22. The maximum absolute atomic E-state index is 5.29. The Balaban J connectivity index is 1.75. The lowest BCUT2D eigenvalue weighted by Crippen LogP contribution is -1.87. The van der Waals surface area contributed by atoms with Gasteiger partial charge in [-0.05, 0) is 60.2 Å². The van der Waals surface area contributed by atoms with Crippen LogP contribution in [-0.4, -0.2) is 24.2 Å². The summed E-state index contributed by atoms with van der Waals surface area (Å²) in [6.45, 7) is 0. The first-order valence-electron chi connectivity index (χ1n) is 9.39. The maximum Gasteiger partial charge on any atom is 0.131 e. The zero-order chi connectivity index (χ0) is 20.1. The van der Waals surface area contributed by atoms with Crippen molar-refractivity contribution >= 4 is 12.2 Å². The molecular weight excluding hydrogens is 360 g/mol. The van der Waals surface area contributed by atoms with Crippen LogP contribution in [0.2, 0.25) is 0 Å². The quantitative estimate of drug-likeness (QED) is 0.449. The summed E-state index contributed by atoms with van der Waals surface area (Å²) in [6.07, 6.45) is 4.05. The minimum atomic E-state index is 0.797. The minimum Gasteiger partial charge on any atom is -0.497 e. The van der Waals surface area contributed by atoms with Crippen molar-refractivity contribution in [1.82, 2.24) is 9.97 Å². The van der Waals surface area contributed by atoms with Crippen molar-refractivity contribution in [2.45, 2.75) is 0 Å². The summed E-state index contributed by atoms with van der Waals surface area (Å²) in [4.78, 5) is 8.32. The van der Waals surface area contributed by atoms with Gasteiger partial charge >= 0.3 is 0 Å². The average Bonchev–Trinajstić information content (AvgIpc) is 3.23. The molecule has 4 rings (SSSR count). The number of benzene rings is 3. The van der Waals surface area contributed by atoms with Gasteiger partial charge in [-0.2, -0.15) is 0 Å². The summed E-state index contributed by atoms with van der Waals surface area (Å²) in [5.74, 6) is 2.44. The normalized spacial score (nSPS) is 11.0. The lowest BCUT2D eigenvalue weighted by atomic mass is 10.0. The molecular formula is C25H22N2O2. The fraction of sp³-hybridized carbons (Fsp3) is 0.0800. The number of imidazole rings is 1. The van der Waals surface area contributed by atoms with Gasteiger partial charge in [0, 0.05) is 11.1 Å². The lowest BCUT2D eigenvalue weighted by molar-refractivity contribution is 0.414. The second kappa shape index (κ2) is 8.48. The summed E-state index contributed by atoms with van der Waals surface area (Å²) >= 11 is 0. The van der Waals surface area contributed by atoms with Crippen LogP contribution in [0, 0.1) is 0 Å². The molecule has 0 saturated heterocycles. The molecule has 0 spiro atoms. The van der Waals surface area contributed by atoms with Gasteiger partial charge in [-0.15, -0.1) is 0 Å². The van der Waals surface area contributed by atoms with Crippen LogP contribution in [-0.2, 0) is 0 Å². The molecule has 0 aliphatic carbocycles. The number of aromatic amines is 1. The fourth-order valence-electron chi connectivity index (χ4n) is 3.13. The number of methoxy groups -OCH3 is 2. The Kier molecular flexibility index (Phi) is 5.43. The van der Waals surface area contributed by atoms with Crippen LogP contribution in [0.1, 0.15) is 11.4 Å². The largest absolute Gasteiger partial charge is 0.497 e. The highest BCUT2D eigenvalue weighted by molar-refractivity contribution is 5.81. The smallest absolute Gasteiger partial charge is 0.131 e. The number of hydrogen-bond donors (Lipinski definition) is 1. The van der Waals surface area contributed by atoms with E-state index < -0.39 is 0 Å². The van der Waals surface area contributed by atoms with E-state index in [0.29, 0.717) is 0 Å². The van der Waals surface area contributed by atoms with Gasteiger partial charge in [0.25, 0.3) is 0 Å². The molecule has 0 atom stereocenters. The van der Waals surface area contributed by atoms with Crippen LogP contribution in [0.15, 0.2) is 78.9 Å². The van der Waals surface area contributed by atoms with E-state index in [1.165, 1.54) is 0 Å². The number of nitrogens with one attached hydrogen (secondary N) is 1. The zero-order valence-corrected chi connectivity index (χ0v) is 16.4. The van der Waals surface area contributed by atoms with Gasteiger partial charge in [0.2, 0.25) is 0 Å². The zero-order valence-electron chi connectivity index (χ0n) is 16.4. The van der Waals surface area contributed by atoms with Crippen LogP contribution in [0.25, 0.3) is 34.7 Å². The summed E-state index contributed by atoms with van der Waals surface area (Å²) < 4.78 is 10.6. The Morgan fingerprint density at radius 1 is 0.690 bits per heavy atom. The molecule has 1 aromatic heterocycles. The number of hydrogen-bond acceptors (Lipinski definition) is 3. The van der Waals surface area contributed by atoms with Gasteiger partial charge in [0.1, 0.15) is 17.3 Å². The molecule has 0 saturated carbocycles. The molecule has 4 nitrogen and oxygen atoms in total. The van der Waals surface area contributed by atoms with Gasteiger partial charge in [-0.25, -0.2) is 4.98 Å². The second-order valence-corrected chi connectivity index (χ2v) is 6.55. The van der Waals surface area contributed by atoms with Crippen LogP contribution in [0.5, 0.6) is 11.5 Å². The van der Waals surface area contributed by atoms with E-state index in [0.717, 1.165) is 45.4 Å². The maximum atomic E-state index is 5.29. The average molecular weight is 382 g/mol. The first-order chi connectivity index (χ1) is 14.3. The topological polar surface area (TPSA) is 47.1 Å². The molecule has 0 fully saturated rings. The molecule has 144 valence electrons. The minimum absolute atomic E-state index is 0.797. The molecule has 0 amide bonds. The number of aromatic nitrogens is 2. The lowest BCUT2D eigenvalue weighted by Gasteiger charge is -2.06. The van der Waals surface area contributed by atoms with Crippen molar-refractivity contribution in [3.63, 3.8) is 0 Å². The molecule has 29 heavy (non-hydrogen) atoms. The van der Waals surface area contributed by atoms with Gasteiger partial charge in [-0.3, -0.25) is 0 Å². The van der Waals surface area contributed by atoms with Crippen molar-refractivity contribution in [2.24, 2.45) is 0 Å². The summed E-state index contributed by atoms with van der Waals surface area (Å²) in [7, 11) is 3.33. The van der Waals surface area contributed by atoms with Crippen LogP contribution >= 0.6 is 0 Å². The van der Waals surface area contributed by atoms with Crippen LogP contribution in [0.3, 0.4) is 0 Å². The molecule has 4 aromatic rings. The van der Waals surface area contributed by atoms with E-state index in [4.69, 9.17) is 14.5 Å². The summed E-state index contributed by atoms with van der Waals surface area (Å²) in [5, 5.41) is 0. The van der Waals surface area contributed by atoms with Crippen molar-refractivity contribution in [3.8, 4) is 34.0 Å². The molecule has 0 unspecified atom stereocenters. The predicted octanol–water partition coefficient (Wildman–Crippen LogP) is 5.93. The SMILES string of the molecule is COc1ccc(-c2nc(/C=C/c3ccccc3)[nH]c2-c2ccc(OC)cc2)cc1.